The molecule has 0 aliphatic heterocycles. The van der Waals surface area contributed by atoms with Crippen LogP contribution in [-0.4, -0.2) is 41.7 Å². The Bertz CT molecular complexity index is 326. The predicted molar refractivity (Wildman–Crippen MR) is 66.5 cm³/mol. The van der Waals surface area contributed by atoms with Crippen LogP contribution in [0.3, 0.4) is 0 Å². The summed E-state index contributed by atoms with van der Waals surface area (Å²) in [5.74, 6) is 5.87. The Hall–Kier alpha value is -1.38. The summed E-state index contributed by atoms with van der Waals surface area (Å²) in [6.07, 6.45) is 4.61. The zero-order chi connectivity index (χ0) is 12.2. The summed E-state index contributed by atoms with van der Waals surface area (Å²) in [6, 6.07) is 0. The van der Waals surface area contributed by atoms with E-state index < -0.39 is 0 Å². The van der Waals surface area contributed by atoms with E-state index in [1.165, 1.54) is 0 Å². The van der Waals surface area contributed by atoms with E-state index >= 15 is 0 Å². The van der Waals surface area contributed by atoms with Crippen molar-refractivity contribution in [2.45, 2.75) is 26.2 Å². The highest BCUT2D eigenvalue weighted by atomic mass is 16.5. The number of ether oxygens (including phenoxy) is 1. The Morgan fingerprint density at radius 1 is 1.41 bits per heavy atom. The predicted octanol–water partition coefficient (Wildman–Crippen LogP) is 0.757. The van der Waals surface area contributed by atoms with Crippen molar-refractivity contribution >= 4 is 0 Å². The zero-order valence-electron chi connectivity index (χ0n) is 10.3. The minimum absolute atomic E-state index is 0.748. The normalized spacial score (nSPS) is 9.94. The second-order valence-electron chi connectivity index (χ2n) is 3.61. The largest absolute Gasteiger partial charge is 0.380 e. The molecule has 0 saturated carbocycles. The van der Waals surface area contributed by atoms with Crippen molar-refractivity contribution in [3.8, 4) is 11.8 Å². The average molecular weight is 236 g/mol. The van der Waals surface area contributed by atoms with Crippen LogP contribution in [0.4, 0.5) is 0 Å². The third kappa shape index (κ3) is 7.50. The van der Waals surface area contributed by atoms with Gasteiger partial charge in [0.15, 0.2) is 0 Å². The summed E-state index contributed by atoms with van der Waals surface area (Å²) >= 11 is 0. The van der Waals surface area contributed by atoms with Gasteiger partial charge in [0.25, 0.3) is 0 Å². The molecule has 5 heteroatoms. The fourth-order valence-electron chi connectivity index (χ4n) is 1.35. The molecule has 0 aromatic carbocycles. The minimum atomic E-state index is 0.748. The molecule has 5 nitrogen and oxygen atoms in total. The molecule has 1 rings (SSSR count). The Labute approximate surface area is 102 Å². The average Bonchev–Trinajstić information content (AvgIpc) is 2.85. The Balaban J connectivity index is 1.79. The van der Waals surface area contributed by atoms with Crippen LogP contribution in [0, 0.1) is 11.8 Å². The molecule has 0 spiro atoms. The van der Waals surface area contributed by atoms with Gasteiger partial charge in [0.2, 0.25) is 0 Å². The van der Waals surface area contributed by atoms with E-state index in [4.69, 9.17) is 4.74 Å². The monoisotopic (exact) mass is 236 g/mol. The standard InChI is InChI=1S/C12H20N4O/c1-2-3-4-7-13-8-10-17-9-5-6-12-11-14-16-15-12/h11,13H,4-10H2,1H3,(H,14,15,16). The molecule has 0 unspecified atom stereocenters. The third-order valence-electron chi connectivity index (χ3n) is 2.22. The highest BCUT2D eigenvalue weighted by molar-refractivity contribution is 4.95. The van der Waals surface area contributed by atoms with Gasteiger partial charge in [-0.25, -0.2) is 0 Å². The fourth-order valence-corrected chi connectivity index (χ4v) is 1.35. The molecule has 1 aromatic heterocycles. The van der Waals surface area contributed by atoms with Gasteiger partial charge in [-0.2, -0.15) is 0 Å². The summed E-state index contributed by atoms with van der Waals surface area (Å²) in [4.78, 5) is 0. The Kier molecular flexibility index (Phi) is 7.90. The van der Waals surface area contributed by atoms with Gasteiger partial charge in [0.05, 0.1) is 12.3 Å². The molecule has 0 atom stereocenters. The molecule has 0 amide bonds. The number of aromatic amines is 1. The molecular formula is C12H20N4O. The first kappa shape index (κ1) is 13.7. The van der Waals surface area contributed by atoms with E-state index in [1.54, 1.807) is 0 Å². The molecule has 0 radical (unpaired) electrons. The number of H-pyrrole nitrogens is 1. The zero-order valence-corrected chi connectivity index (χ0v) is 10.3. The van der Waals surface area contributed by atoms with Gasteiger partial charge in [-0.1, -0.05) is 5.21 Å². The molecule has 0 aliphatic rings. The van der Waals surface area contributed by atoms with Crippen LogP contribution in [0.2, 0.25) is 0 Å². The van der Waals surface area contributed by atoms with Gasteiger partial charge >= 0.3 is 0 Å². The second kappa shape index (κ2) is 9.82. The number of hydrogen-bond donors (Lipinski definition) is 2. The van der Waals surface area contributed by atoms with Gasteiger partial charge in [0.1, 0.15) is 0 Å². The highest BCUT2D eigenvalue weighted by Gasteiger charge is 1.95. The first-order valence-corrected chi connectivity index (χ1v) is 5.97. The first-order chi connectivity index (χ1) is 8.43. The van der Waals surface area contributed by atoms with Gasteiger partial charge < -0.3 is 10.1 Å². The van der Waals surface area contributed by atoms with Crippen LogP contribution in [-0.2, 0) is 11.2 Å². The van der Waals surface area contributed by atoms with Crippen LogP contribution >= 0.6 is 0 Å². The van der Waals surface area contributed by atoms with Crippen molar-refractivity contribution < 1.29 is 4.74 Å². The maximum Gasteiger partial charge on any atom is 0.0825 e. The number of aromatic nitrogens is 3. The number of nitrogens with zero attached hydrogens (tertiary/aromatic N) is 2. The van der Waals surface area contributed by atoms with E-state index in [0.29, 0.717) is 0 Å². The lowest BCUT2D eigenvalue weighted by molar-refractivity contribution is 0.134. The van der Waals surface area contributed by atoms with Gasteiger partial charge in [-0.3, -0.25) is 5.10 Å². The molecular weight excluding hydrogens is 216 g/mol. The summed E-state index contributed by atoms with van der Waals surface area (Å²) < 4.78 is 5.48. The number of hydrogen-bond acceptors (Lipinski definition) is 4. The third-order valence-corrected chi connectivity index (χ3v) is 2.22. The minimum Gasteiger partial charge on any atom is -0.380 e. The molecule has 94 valence electrons. The van der Waals surface area contributed by atoms with E-state index in [9.17, 15) is 0 Å². The van der Waals surface area contributed by atoms with E-state index in [1.807, 2.05) is 13.1 Å². The summed E-state index contributed by atoms with van der Waals surface area (Å²) in [6.45, 7) is 5.19. The topological polar surface area (TPSA) is 62.8 Å². The quantitative estimate of drug-likeness (QED) is 0.491. The second-order valence-corrected chi connectivity index (χ2v) is 3.61. The number of rotatable bonds is 9. The van der Waals surface area contributed by atoms with Crippen LogP contribution in [0.25, 0.3) is 0 Å². The first-order valence-electron chi connectivity index (χ1n) is 5.97. The number of aryl methyl sites for hydroxylation is 1. The molecule has 0 bridgehead atoms. The molecule has 17 heavy (non-hydrogen) atoms. The van der Waals surface area contributed by atoms with Crippen LogP contribution in [0.15, 0.2) is 6.20 Å². The fraction of sp³-hybridized carbons (Fsp3) is 0.667. The van der Waals surface area contributed by atoms with Gasteiger partial charge in [-0.15, -0.1) is 16.9 Å². The smallest absolute Gasteiger partial charge is 0.0825 e. The van der Waals surface area contributed by atoms with E-state index in [2.05, 4.69) is 32.6 Å². The van der Waals surface area contributed by atoms with E-state index in [0.717, 1.165) is 51.3 Å². The molecule has 2 N–H and O–H groups in total. The van der Waals surface area contributed by atoms with Crippen LogP contribution < -0.4 is 5.32 Å². The highest BCUT2D eigenvalue weighted by Crippen LogP contribution is 1.95. The maximum atomic E-state index is 5.48. The summed E-state index contributed by atoms with van der Waals surface area (Å²) in [5, 5.41) is 13.5. The number of nitrogens with one attached hydrogen (secondary N) is 2. The Morgan fingerprint density at radius 3 is 3.12 bits per heavy atom. The van der Waals surface area contributed by atoms with Crippen molar-refractivity contribution in [2.75, 3.05) is 26.3 Å². The van der Waals surface area contributed by atoms with Gasteiger partial charge in [-0.05, 0) is 19.8 Å². The Morgan fingerprint density at radius 2 is 2.35 bits per heavy atom. The lowest BCUT2D eigenvalue weighted by Gasteiger charge is -2.04. The summed E-state index contributed by atoms with van der Waals surface area (Å²) in [5.41, 5.74) is 0.991. The summed E-state index contributed by atoms with van der Waals surface area (Å²) in [7, 11) is 0. The van der Waals surface area contributed by atoms with Crippen molar-refractivity contribution in [3.63, 3.8) is 0 Å². The van der Waals surface area contributed by atoms with Crippen molar-refractivity contribution in [2.24, 2.45) is 0 Å². The molecule has 0 fully saturated rings. The molecule has 1 aromatic rings. The van der Waals surface area contributed by atoms with Crippen LogP contribution in [0.1, 0.15) is 25.5 Å². The molecule has 0 aliphatic carbocycles. The van der Waals surface area contributed by atoms with Crippen LogP contribution in [0.5, 0.6) is 0 Å². The van der Waals surface area contributed by atoms with E-state index in [-0.39, 0.29) is 0 Å². The maximum absolute atomic E-state index is 5.48. The SMILES string of the molecule is CC#CCCNCCOCCCc1c[nH]nn1. The lowest BCUT2D eigenvalue weighted by atomic mass is 10.3. The lowest BCUT2D eigenvalue weighted by Crippen LogP contribution is -2.20. The van der Waals surface area contributed by atoms with Gasteiger partial charge in [0, 0.05) is 32.3 Å². The molecule has 1 heterocycles. The van der Waals surface area contributed by atoms with Crippen molar-refractivity contribution in [1.29, 1.82) is 0 Å². The molecule has 0 saturated heterocycles. The van der Waals surface area contributed by atoms with Crippen molar-refractivity contribution in [3.05, 3.63) is 11.9 Å². The van der Waals surface area contributed by atoms with Crippen molar-refractivity contribution in [1.82, 2.24) is 20.7 Å².